The van der Waals surface area contributed by atoms with Gasteiger partial charge in [-0.3, -0.25) is 0 Å². The van der Waals surface area contributed by atoms with Gasteiger partial charge >= 0.3 is 0 Å². The molecule has 0 aliphatic carbocycles. The smallest absolute Gasteiger partial charge is 0.221 e. The molecule has 1 heterocycles. The van der Waals surface area contributed by atoms with Gasteiger partial charge in [0.25, 0.3) is 0 Å². The monoisotopic (exact) mass is 300 g/mol. The molecule has 1 aliphatic heterocycles. The second-order valence-corrected chi connectivity index (χ2v) is 8.89. The lowest BCUT2D eigenvalue weighted by molar-refractivity contribution is 0.516. The van der Waals surface area contributed by atoms with Crippen LogP contribution in [0.15, 0.2) is 0 Å². The zero-order valence-corrected chi connectivity index (χ0v) is 11.9. The summed E-state index contributed by atoms with van der Waals surface area (Å²) < 4.78 is 48.6. The lowest BCUT2D eigenvalue weighted by Crippen LogP contribution is -2.48. The van der Waals surface area contributed by atoms with Crippen LogP contribution in [0.4, 0.5) is 0 Å². The molecule has 1 saturated heterocycles. The zero-order chi connectivity index (χ0) is 13.3. The molecular formula is C8H16N2O4S3. The third-order valence-electron chi connectivity index (χ3n) is 2.66. The molecule has 1 aliphatic rings. The fraction of sp³-hybridized carbons (Fsp3) is 0.875. The quantitative estimate of drug-likeness (QED) is 0.656. The number of rotatable bonds is 4. The Morgan fingerprint density at radius 1 is 1.53 bits per heavy atom. The second kappa shape index (κ2) is 5.17. The Bertz CT molecular complexity index is 497. The van der Waals surface area contributed by atoms with Gasteiger partial charge in [0.15, 0.2) is 9.84 Å². The molecular weight excluding hydrogens is 284 g/mol. The lowest BCUT2D eigenvalue weighted by Gasteiger charge is -2.24. The van der Waals surface area contributed by atoms with Crippen molar-refractivity contribution in [3.63, 3.8) is 0 Å². The average Bonchev–Trinajstić information content (AvgIpc) is 2.13. The molecule has 2 unspecified atom stereocenters. The number of hydrogen-bond acceptors (Lipinski definition) is 5. The van der Waals surface area contributed by atoms with Crippen LogP contribution in [-0.2, 0) is 19.9 Å². The summed E-state index contributed by atoms with van der Waals surface area (Å²) in [6.07, 6.45) is 0.986. The van der Waals surface area contributed by atoms with Crippen molar-refractivity contribution in [3.05, 3.63) is 0 Å². The summed E-state index contributed by atoms with van der Waals surface area (Å²) in [5, 5.41) is -0.998. The van der Waals surface area contributed by atoms with Crippen LogP contribution >= 0.6 is 12.2 Å². The predicted molar refractivity (Wildman–Crippen MR) is 70.0 cm³/mol. The van der Waals surface area contributed by atoms with Crippen molar-refractivity contribution in [1.82, 2.24) is 4.72 Å². The third kappa shape index (κ3) is 4.16. The summed E-state index contributed by atoms with van der Waals surface area (Å²) in [5.41, 5.74) is 5.27. The fourth-order valence-electron chi connectivity index (χ4n) is 1.60. The van der Waals surface area contributed by atoms with E-state index in [-0.39, 0.29) is 16.5 Å². The molecule has 0 spiro atoms. The topological polar surface area (TPSA) is 106 Å². The van der Waals surface area contributed by atoms with Gasteiger partial charge in [0, 0.05) is 6.04 Å². The van der Waals surface area contributed by atoms with Crippen LogP contribution in [0.25, 0.3) is 0 Å². The van der Waals surface area contributed by atoms with Crippen molar-refractivity contribution in [2.24, 2.45) is 5.73 Å². The van der Waals surface area contributed by atoms with E-state index in [1.54, 1.807) is 0 Å². The zero-order valence-electron chi connectivity index (χ0n) is 9.42. The Morgan fingerprint density at radius 2 is 2.12 bits per heavy atom. The van der Waals surface area contributed by atoms with Crippen molar-refractivity contribution in [3.8, 4) is 0 Å². The molecule has 0 saturated carbocycles. The molecule has 3 N–H and O–H groups in total. The minimum absolute atomic E-state index is 0.121. The summed E-state index contributed by atoms with van der Waals surface area (Å²) >= 11 is 4.62. The molecule has 0 aromatic heterocycles. The van der Waals surface area contributed by atoms with Gasteiger partial charge in [0.05, 0.1) is 16.5 Å². The predicted octanol–water partition coefficient (Wildman–Crippen LogP) is -0.842. The highest BCUT2D eigenvalue weighted by Crippen LogP contribution is 2.14. The lowest BCUT2D eigenvalue weighted by atomic mass is 10.2. The maximum Gasteiger partial charge on any atom is 0.221 e. The average molecular weight is 300 g/mol. The summed E-state index contributed by atoms with van der Waals surface area (Å²) in [7, 11) is -6.83. The van der Waals surface area contributed by atoms with Crippen LogP contribution < -0.4 is 10.5 Å². The number of sulfonamides is 1. The van der Waals surface area contributed by atoms with Gasteiger partial charge in [-0.2, -0.15) is 0 Å². The van der Waals surface area contributed by atoms with Gasteiger partial charge < -0.3 is 5.73 Å². The summed E-state index contributed by atoms with van der Waals surface area (Å²) in [6, 6.07) is -0.574. The Labute approximate surface area is 107 Å². The number of sulfone groups is 1. The second-order valence-electron chi connectivity index (χ2n) is 4.16. The first-order chi connectivity index (χ1) is 7.64. The highest BCUT2D eigenvalue weighted by Gasteiger charge is 2.31. The molecule has 1 fully saturated rings. The maximum atomic E-state index is 11.8. The van der Waals surface area contributed by atoms with E-state index >= 15 is 0 Å². The minimum Gasteiger partial charge on any atom is -0.392 e. The van der Waals surface area contributed by atoms with Crippen molar-refractivity contribution >= 4 is 37.1 Å². The van der Waals surface area contributed by atoms with E-state index in [0.29, 0.717) is 12.8 Å². The fourth-order valence-corrected chi connectivity index (χ4v) is 4.90. The molecule has 0 aromatic carbocycles. The van der Waals surface area contributed by atoms with Crippen LogP contribution in [0.5, 0.6) is 0 Å². The van der Waals surface area contributed by atoms with Gasteiger partial charge in [-0.05, 0) is 19.8 Å². The van der Waals surface area contributed by atoms with E-state index in [1.807, 2.05) is 0 Å². The van der Waals surface area contributed by atoms with Gasteiger partial charge in [0.2, 0.25) is 10.0 Å². The molecule has 6 nitrogen and oxygen atoms in total. The van der Waals surface area contributed by atoms with Crippen LogP contribution in [0.3, 0.4) is 0 Å². The van der Waals surface area contributed by atoms with E-state index in [4.69, 9.17) is 5.73 Å². The molecule has 100 valence electrons. The minimum atomic E-state index is -3.69. The third-order valence-corrected chi connectivity index (χ3v) is 6.83. The van der Waals surface area contributed by atoms with Crippen LogP contribution in [0.1, 0.15) is 19.8 Å². The molecule has 0 aromatic rings. The van der Waals surface area contributed by atoms with Crippen LogP contribution in [0.2, 0.25) is 0 Å². The van der Waals surface area contributed by atoms with E-state index in [2.05, 4.69) is 16.9 Å². The van der Waals surface area contributed by atoms with E-state index in [9.17, 15) is 16.8 Å². The van der Waals surface area contributed by atoms with Crippen molar-refractivity contribution in [1.29, 1.82) is 0 Å². The number of hydrogen-bond donors (Lipinski definition) is 2. The van der Waals surface area contributed by atoms with Crippen molar-refractivity contribution in [2.75, 3.05) is 11.5 Å². The maximum absolute atomic E-state index is 11.8. The number of nitrogens with one attached hydrogen (secondary N) is 1. The van der Waals surface area contributed by atoms with E-state index in [1.165, 1.54) is 6.92 Å². The molecule has 2 atom stereocenters. The van der Waals surface area contributed by atoms with Crippen LogP contribution in [0, 0.1) is 0 Å². The Hall–Kier alpha value is -0.250. The van der Waals surface area contributed by atoms with Crippen LogP contribution in [-0.4, -0.2) is 44.6 Å². The number of thiocarbonyl (C=S) groups is 1. The van der Waals surface area contributed by atoms with E-state index < -0.39 is 31.2 Å². The molecule has 0 bridgehead atoms. The van der Waals surface area contributed by atoms with Gasteiger partial charge in [-0.1, -0.05) is 12.2 Å². The normalized spacial score (nSPS) is 26.3. The first kappa shape index (κ1) is 14.8. The van der Waals surface area contributed by atoms with Gasteiger partial charge in [0.1, 0.15) is 5.25 Å². The SMILES string of the molecule is CC(C(N)=S)S(=O)(=O)NC1CCCS(=O)(=O)C1. The standard InChI is InChI=1S/C8H16N2O4S3/c1-6(8(9)15)17(13,14)10-7-3-2-4-16(11,12)5-7/h6-7,10H,2-5H2,1H3,(H2,9,15). The highest BCUT2D eigenvalue weighted by molar-refractivity contribution is 7.93. The molecule has 0 amide bonds. The number of nitrogens with two attached hydrogens (primary N) is 1. The van der Waals surface area contributed by atoms with Gasteiger partial charge in [-0.15, -0.1) is 0 Å². The summed E-state index contributed by atoms with van der Waals surface area (Å²) in [4.78, 5) is -0.129. The van der Waals surface area contributed by atoms with Gasteiger partial charge in [-0.25, -0.2) is 21.6 Å². The van der Waals surface area contributed by atoms with Crippen molar-refractivity contribution < 1.29 is 16.8 Å². The molecule has 0 radical (unpaired) electrons. The first-order valence-electron chi connectivity index (χ1n) is 5.15. The first-order valence-corrected chi connectivity index (χ1v) is 8.92. The Morgan fingerprint density at radius 3 is 2.59 bits per heavy atom. The summed E-state index contributed by atoms with van der Waals surface area (Å²) in [5.74, 6) is -0.0354. The molecule has 1 rings (SSSR count). The highest BCUT2D eigenvalue weighted by atomic mass is 32.2. The largest absolute Gasteiger partial charge is 0.392 e. The summed E-state index contributed by atoms with van der Waals surface area (Å²) in [6.45, 7) is 1.38. The van der Waals surface area contributed by atoms with E-state index in [0.717, 1.165) is 0 Å². The Kier molecular flexibility index (Phi) is 4.50. The van der Waals surface area contributed by atoms with Crippen molar-refractivity contribution in [2.45, 2.75) is 31.1 Å². The Balaban J connectivity index is 2.75. The molecule has 9 heteroatoms. The molecule has 17 heavy (non-hydrogen) atoms.